The van der Waals surface area contributed by atoms with Gasteiger partial charge in [0.05, 0.1) is 6.30 Å². The fourth-order valence-electron chi connectivity index (χ4n) is 0.812. The maximum atomic E-state index is 11.1. The summed E-state index contributed by atoms with van der Waals surface area (Å²) in [4.78, 5) is 23.2. The number of nitrogens with two attached hydrogens (primary N) is 1. The monoisotopic (exact) mass is 153 g/mol. The summed E-state index contributed by atoms with van der Waals surface area (Å²) >= 11 is 0. The van der Waals surface area contributed by atoms with E-state index in [9.17, 15) is 4.79 Å². The molecule has 0 aromatic carbocycles. The van der Waals surface area contributed by atoms with Crippen LogP contribution in [-0.2, 0) is 0 Å². The van der Waals surface area contributed by atoms with Gasteiger partial charge in [0.15, 0.2) is 11.2 Å². The van der Waals surface area contributed by atoms with Crippen LogP contribution in [0, 0.1) is 0 Å². The Morgan fingerprint density at radius 2 is 2.55 bits per heavy atom. The van der Waals surface area contributed by atoms with Gasteiger partial charge in [-0.05, 0) is 0 Å². The highest BCUT2D eigenvalue weighted by molar-refractivity contribution is 5.69. The highest BCUT2D eigenvalue weighted by atomic mass is 16.1. The van der Waals surface area contributed by atoms with E-state index in [-0.39, 0.29) is 23.4 Å². The number of hydrogen-bond donors (Lipinski definition) is 3. The standard InChI is InChI=1S/C5H5N5O/c6-5-9-3-2(4(11)10-5)7-1-8-3/h1H,(H4,6,7,8,9,10,11)/i1T. The number of nitrogens with zero attached hydrogens (tertiary/aromatic N) is 2. The van der Waals surface area contributed by atoms with Crippen molar-refractivity contribution in [2.45, 2.75) is 0 Å². The van der Waals surface area contributed by atoms with Gasteiger partial charge in [0.25, 0.3) is 5.56 Å². The third-order valence-corrected chi connectivity index (χ3v) is 1.26. The minimum atomic E-state index is -0.438. The van der Waals surface area contributed by atoms with Crippen molar-refractivity contribution in [3.63, 3.8) is 0 Å². The summed E-state index contributed by atoms with van der Waals surface area (Å²) in [5.41, 5.74) is 5.16. The lowest BCUT2D eigenvalue weighted by atomic mass is 10.5. The Labute approximate surface area is 61.9 Å². The van der Waals surface area contributed by atoms with Crippen LogP contribution in [0.15, 0.2) is 11.1 Å². The van der Waals surface area contributed by atoms with Crippen molar-refractivity contribution in [2.24, 2.45) is 0 Å². The molecule has 0 atom stereocenters. The van der Waals surface area contributed by atoms with Crippen molar-refractivity contribution in [2.75, 3.05) is 5.73 Å². The zero-order valence-electron chi connectivity index (χ0n) is 6.38. The molecule has 4 N–H and O–H groups in total. The largest absolute Gasteiger partial charge is 0.369 e. The molecule has 0 bridgehead atoms. The van der Waals surface area contributed by atoms with Crippen molar-refractivity contribution >= 4 is 17.1 Å². The average Bonchev–Trinajstić information content (AvgIpc) is 2.29. The zero-order chi connectivity index (χ0) is 8.72. The van der Waals surface area contributed by atoms with Crippen LogP contribution in [0.5, 0.6) is 0 Å². The molecule has 2 aromatic heterocycles. The molecule has 0 saturated carbocycles. The fourth-order valence-corrected chi connectivity index (χ4v) is 0.812. The first kappa shape index (κ1) is 4.89. The predicted molar refractivity (Wildman–Crippen MR) is 38.9 cm³/mol. The van der Waals surface area contributed by atoms with Gasteiger partial charge in [-0.25, -0.2) is 4.98 Å². The van der Waals surface area contributed by atoms with Crippen molar-refractivity contribution in [3.05, 3.63) is 16.7 Å². The summed E-state index contributed by atoms with van der Waals surface area (Å²) in [5.74, 6) is 0.0103. The Kier molecular flexibility index (Phi) is 0.807. The van der Waals surface area contributed by atoms with Crippen LogP contribution in [0.4, 0.5) is 5.95 Å². The average molecular weight is 153 g/mol. The molecule has 2 heterocycles. The molecular weight excluding hydrogens is 146 g/mol. The van der Waals surface area contributed by atoms with E-state index in [1.54, 1.807) is 0 Å². The Balaban J connectivity index is 2.98. The van der Waals surface area contributed by atoms with Gasteiger partial charge < -0.3 is 10.7 Å². The minimum absolute atomic E-state index is 0.0103. The van der Waals surface area contributed by atoms with Gasteiger partial charge in [-0.2, -0.15) is 4.98 Å². The molecule has 2 rings (SSSR count). The molecule has 0 saturated heterocycles. The molecule has 0 spiro atoms. The predicted octanol–water partition coefficient (Wildman–Crippen LogP) is -0.772. The number of fused-ring (bicyclic) bond motifs is 1. The number of aromatic nitrogens is 4. The van der Waals surface area contributed by atoms with Crippen LogP contribution in [0.1, 0.15) is 1.37 Å². The van der Waals surface area contributed by atoms with Crippen LogP contribution >= 0.6 is 0 Å². The third-order valence-electron chi connectivity index (χ3n) is 1.26. The quantitative estimate of drug-likeness (QED) is 0.462. The van der Waals surface area contributed by atoms with Gasteiger partial charge in [0, 0.05) is 0 Å². The minimum Gasteiger partial charge on any atom is -0.369 e. The summed E-state index contributed by atoms with van der Waals surface area (Å²) in [5, 5.41) is 0. The molecule has 0 radical (unpaired) electrons. The first-order valence-corrected chi connectivity index (χ1v) is 2.89. The van der Waals surface area contributed by atoms with Gasteiger partial charge >= 0.3 is 0 Å². The summed E-state index contributed by atoms with van der Waals surface area (Å²) in [7, 11) is 0. The molecule has 0 aliphatic carbocycles. The van der Waals surface area contributed by atoms with Gasteiger partial charge in [0.1, 0.15) is 1.37 Å². The van der Waals surface area contributed by atoms with Crippen molar-refractivity contribution in [3.8, 4) is 0 Å². The molecule has 0 amide bonds. The molecule has 11 heavy (non-hydrogen) atoms. The van der Waals surface area contributed by atoms with E-state index in [0.29, 0.717) is 0 Å². The molecular formula is C5H5N5O. The Morgan fingerprint density at radius 1 is 1.73 bits per heavy atom. The SMILES string of the molecule is [3H]c1nc2c(=O)[nH]c(N)nc2[nH]1. The highest BCUT2D eigenvalue weighted by Crippen LogP contribution is 1.98. The van der Waals surface area contributed by atoms with Crippen molar-refractivity contribution < 1.29 is 1.37 Å². The molecule has 56 valence electrons. The topological polar surface area (TPSA) is 100 Å². The Hall–Kier alpha value is -1.85. The summed E-state index contributed by atoms with van der Waals surface area (Å²) in [6, 6.07) is 0. The summed E-state index contributed by atoms with van der Waals surface area (Å²) in [6.45, 7) is 0. The van der Waals surface area contributed by atoms with Crippen LogP contribution in [0.25, 0.3) is 11.2 Å². The lowest BCUT2D eigenvalue weighted by molar-refractivity contribution is 1.17. The van der Waals surface area contributed by atoms with E-state index in [2.05, 4.69) is 19.9 Å². The van der Waals surface area contributed by atoms with E-state index >= 15 is 0 Å². The summed E-state index contributed by atoms with van der Waals surface area (Å²) in [6.07, 6.45) is -0.103. The third kappa shape index (κ3) is 0.759. The van der Waals surface area contributed by atoms with Gasteiger partial charge in [-0.15, -0.1) is 0 Å². The van der Waals surface area contributed by atoms with Crippen molar-refractivity contribution in [1.29, 1.82) is 0 Å². The van der Waals surface area contributed by atoms with E-state index in [1.807, 2.05) is 0 Å². The van der Waals surface area contributed by atoms with E-state index in [4.69, 9.17) is 7.10 Å². The van der Waals surface area contributed by atoms with Crippen LogP contribution in [0.2, 0.25) is 0 Å². The summed E-state index contributed by atoms with van der Waals surface area (Å²) < 4.78 is 7.09. The normalized spacial score (nSPS) is 11.8. The lowest BCUT2D eigenvalue weighted by Gasteiger charge is -1.89. The van der Waals surface area contributed by atoms with Gasteiger partial charge in [-0.3, -0.25) is 9.78 Å². The number of aromatic amines is 2. The van der Waals surface area contributed by atoms with Gasteiger partial charge in [-0.1, -0.05) is 0 Å². The molecule has 0 aliphatic rings. The van der Waals surface area contributed by atoms with Crippen LogP contribution in [0.3, 0.4) is 0 Å². The van der Waals surface area contributed by atoms with E-state index in [1.165, 1.54) is 0 Å². The maximum Gasteiger partial charge on any atom is 0.280 e. The number of hydrogen-bond acceptors (Lipinski definition) is 4. The molecule has 0 unspecified atom stereocenters. The smallest absolute Gasteiger partial charge is 0.280 e. The lowest BCUT2D eigenvalue weighted by Crippen LogP contribution is -2.10. The van der Waals surface area contributed by atoms with E-state index < -0.39 is 5.56 Å². The molecule has 6 heteroatoms. The van der Waals surface area contributed by atoms with Gasteiger partial charge in [0.2, 0.25) is 5.95 Å². The van der Waals surface area contributed by atoms with Crippen molar-refractivity contribution in [1.82, 2.24) is 19.9 Å². The number of H-pyrrole nitrogens is 2. The number of rotatable bonds is 0. The Morgan fingerprint density at radius 3 is 3.36 bits per heavy atom. The second-order valence-corrected chi connectivity index (χ2v) is 2.00. The molecule has 0 aliphatic heterocycles. The zero-order valence-corrected chi connectivity index (χ0v) is 5.38. The number of nitrogen functional groups attached to an aromatic ring is 1. The first-order chi connectivity index (χ1) is 5.66. The maximum absolute atomic E-state index is 11.1. The van der Waals surface area contributed by atoms with E-state index in [0.717, 1.165) is 0 Å². The highest BCUT2D eigenvalue weighted by Gasteiger charge is 2.01. The number of anilines is 1. The second kappa shape index (κ2) is 1.82. The Bertz CT molecular complexity index is 486. The fraction of sp³-hybridized carbons (Fsp3) is 0. The first-order valence-electron chi connectivity index (χ1n) is 3.39. The van der Waals surface area contributed by atoms with Crippen LogP contribution in [-0.4, -0.2) is 19.9 Å². The molecule has 6 nitrogen and oxygen atoms in total. The number of nitrogens with one attached hydrogen (secondary N) is 2. The molecule has 0 fully saturated rings. The molecule has 2 aromatic rings. The van der Waals surface area contributed by atoms with Crippen LogP contribution < -0.4 is 11.3 Å². The second-order valence-electron chi connectivity index (χ2n) is 2.00. The number of imidazole rings is 1.